The summed E-state index contributed by atoms with van der Waals surface area (Å²) in [6.45, 7) is 0. The van der Waals surface area contributed by atoms with Crippen molar-refractivity contribution in [1.29, 1.82) is 0 Å². The molecule has 9 aromatic rings. The van der Waals surface area contributed by atoms with Crippen LogP contribution in [0.2, 0.25) is 0 Å². The average molecular weight is 577 g/mol. The molecule has 0 fully saturated rings. The molecule has 45 heavy (non-hydrogen) atoms. The molecular weight excluding hydrogens is 548 g/mol. The molecule has 1 N–H and O–H groups in total. The van der Waals surface area contributed by atoms with Crippen molar-refractivity contribution < 1.29 is 4.42 Å². The van der Waals surface area contributed by atoms with Gasteiger partial charge in [0, 0.05) is 44.0 Å². The van der Waals surface area contributed by atoms with Gasteiger partial charge >= 0.3 is 0 Å². The summed E-state index contributed by atoms with van der Waals surface area (Å²) in [7, 11) is 0. The monoisotopic (exact) mass is 576 g/mol. The molecule has 0 bridgehead atoms. The lowest BCUT2D eigenvalue weighted by Gasteiger charge is -2.27. The van der Waals surface area contributed by atoms with Crippen LogP contribution in [-0.2, 0) is 0 Å². The summed E-state index contributed by atoms with van der Waals surface area (Å²) in [5, 5.41) is 4.65. The van der Waals surface area contributed by atoms with E-state index in [2.05, 4.69) is 162 Å². The zero-order valence-corrected chi connectivity index (χ0v) is 24.4. The molecule has 212 valence electrons. The largest absolute Gasteiger partial charge is 0.456 e. The molecule has 0 spiro atoms. The van der Waals surface area contributed by atoms with Crippen LogP contribution in [0.25, 0.3) is 66.0 Å². The molecule has 0 atom stereocenters. The molecule has 9 rings (SSSR count). The number of aromatic nitrogens is 1. The number of nitrogens with zero attached hydrogens (tertiary/aromatic N) is 1. The number of hydrogen-bond donors (Lipinski definition) is 1. The molecule has 0 amide bonds. The third-order valence-corrected chi connectivity index (χ3v) is 8.82. The van der Waals surface area contributed by atoms with Crippen molar-refractivity contribution in [1.82, 2.24) is 4.98 Å². The van der Waals surface area contributed by atoms with Crippen molar-refractivity contribution in [2.75, 3.05) is 4.90 Å². The third-order valence-electron chi connectivity index (χ3n) is 8.82. The minimum Gasteiger partial charge on any atom is -0.456 e. The molecule has 0 aliphatic carbocycles. The average Bonchev–Trinajstić information content (AvgIpc) is 3.68. The molecular formula is C42H28N2O. The van der Waals surface area contributed by atoms with Crippen LogP contribution in [0.15, 0.2) is 168 Å². The quantitative estimate of drug-likeness (QED) is 0.221. The minimum absolute atomic E-state index is 0.895. The Hall–Kier alpha value is -6.06. The molecule has 0 saturated heterocycles. The highest BCUT2D eigenvalue weighted by molar-refractivity contribution is 6.19. The highest BCUT2D eigenvalue weighted by Gasteiger charge is 2.21. The Balaban J connectivity index is 1.26. The third kappa shape index (κ3) is 4.21. The van der Waals surface area contributed by atoms with Crippen molar-refractivity contribution in [2.45, 2.75) is 0 Å². The maximum Gasteiger partial charge on any atom is 0.136 e. The predicted molar refractivity (Wildman–Crippen MR) is 189 cm³/mol. The fraction of sp³-hybridized carbons (Fsp3) is 0. The molecule has 0 aliphatic heterocycles. The number of hydrogen-bond acceptors (Lipinski definition) is 2. The Kier molecular flexibility index (Phi) is 5.82. The second-order valence-corrected chi connectivity index (χ2v) is 11.4. The van der Waals surface area contributed by atoms with Crippen molar-refractivity contribution in [3.63, 3.8) is 0 Å². The first-order valence-corrected chi connectivity index (χ1v) is 15.3. The zero-order chi connectivity index (χ0) is 29.7. The van der Waals surface area contributed by atoms with Crippen molar-refractivity contribution >= 4 is 60.8 Å². The van der Waals surface area contributed by atoms with Gasteiger partial charge in [-0.15, -0.1) is 0 Å². The Morgan fingerprint density at radius 1 is 0.444 bits per heavy atom. The number of nitrogens with one attached hydrogen (secondary N) is 1. The smallest absolute Gasteiger partial charge is 0.136 e. The first-order valence-electron chi connectivity index (χ1n) is 15.3. The van der Waals surface area contributed by atoms with E-state index in [0.29, 0.717) is 0 Å². The van der Waals surface area contributed by atoms with Crippen LogP contribution in [0.5, 0.6) is 0 Å². The van der Waals surface area contributed by atoms with Crippen molar-refractivity contribution in [2.24, 2.45) is 0 Å². The molecule has 0 saturated carbocycles. The molecule has 3 nitrogen and oxygen atoms in total. The number of anilines is 3. The normalized spacial score (nSPS) is 11.6. The van der Waals surface area contributed by atoms with E-state index in [0.717, 1.165) is 61.2 Å². The Labute approximate surface area is 260 Å². The number of aromatic amines is 1. The van der Waals surface area contributed by atoms with Gasteiger partial charge < -0.3 is 14.3 Å². The fourth-order valence-corrected chi connectivity index (χ4v) is 6.70. The summed E-state index contributed by atoms with van der Waals surface area (Å²) in [4.78, 5) is 6.16. The summed E-state index contributed by atoms with van der Waals surface area (Å²) in [5.41, 5.74) is 12.0. The van der Waals surface area contributed by atoms with E-state index in [-0.39, 0.29) is 0 Å². The van der Waals surface area contributed by atoms with E-state index in [1.165, 1.54) is 21.9 Å². The van der Waals surface area contributed by atoms with Crippen LogP contribution in [0.1, 0.15) is 0 Å². The first kappa shape index (κ1) is 25.4. The van der Waals surface area contributed by atoms with E-state index in [1.54, 1.807) is 0 Å². The second-order valence-electron chi connectivity index (χ2n) is 11.4. The van der Waals surface area contributed by atoms with E-state index < -0.39 is 0 Å². The zero-order valence-electron chi connectivity index (χ0n) is 24.4. The number of rotatable bonds is 5. The van der Waals surface area contributed by atoms with Crippen LogP contribution >= 0.6 is 0 Å². The molecule has 7 aromatic carbocycles. The van der Waals surface area contributed by atoms with E-state index >= 15 is 0 Å². The molecule has 3 heteroatoms. The topological polar surface area (TPSA) is 32.2 Å². The highest BCUT2D eigenvalue weighted by Crippen LogP contribution is 2.45. The van der Waals surface area contributed by atoms with Gasteiger partial charge in [0.25, 0.3) is 0 Å². The van der Waals surface area contributed by atoms with Gasteiger partial charge in [0.15, 0.2) is 0 Å². The molecule has 0 aliphatic rings. The summed E-state index contributed by atoms with van der Waals surface area (Å²) in [6.07, 6.45) is 0. The maximum atomic E-state index is 6.29. The fourth-order valence-electron chi connectivity index (χ4n) is 6.70. The van der Waals surface area contributed by atoms with Gasteiger partial charge in [0.05, 0.1) is 11.2 Å². The van der Waals surface area contributed by atoms with E-state index in [4.69, 9.17) is 4.42 Å². The lowest BCUT2D eigenvalue weighted by Crippen LogP contribution is -2.10. The SMILES string of the molecule is c1ccc(-c2ccc(N(c3ccccc3)c3ccc(-c4ccc5c(c4)oc4ccccc45)c4[nH]c5ccccc5c34)cc2)cc1. The number of furan rings is 1. The lowest BCUT2D eigenvalue weighted by molar-refractivity contribution is 0.669. The predicted octanol–water partition coefficient (Wildman–Crippen LogP) is 12.0. The summed E-state index contributed by atoms with van der Waals surface area (Å²) >= 11 is 0. The van der Waals surface area contributed by atoms with Gasteiger partial charge in [-0.1, -0.05) is 109 Å². The van der Waals surface area contributed by atoms with Gasteiger partial charge in [-0.3, -0.25) is 0 Å². The Bertz CT molecular complexity index is 2470. The van der Waals surface area contributed by atoms with Gasteiger partial charge in [0.2, 0.25) is 0 Å². The standard InChI is InChI=1S/C42H28N2O/c1-3-11-28(12-4-1)29-19-22-32(23-20-29)44(31-13-5-2-6-14-31)38-26-25-33(42-41(38)36-16-7-9-17-37(36)43-42)30-21-24-35-34-15-8-10-18-39(34)45-40(35)27-30/h1-27,43H. The summed E-state index contributed by atoms with van der Waals surface area (Å²) in [6, 6.07) is 57.9. The second kappa shape index (κ2) is 10.3. The first-order chi connectivity index (χ1) is 22.3. The lowest BCUT2D eigenvalue weighted by atomic mass is 9.98. The van der Waals surface area contributed by atoms with Crippen molar-refractivity contribution in [3.05, 3.63) is 164 Å². The minimum atomic E-state index is 0.895. The number of benzene rings is 7. The van der Waals surface area contributed by atoms with Crippen LogP contribution < -0.4 is 4.90 Å². The molecule has 0 unspecified atom stereocenters. The summed E-state index contributed by atoms with van der Waals surface area (Å²) in [5.74, 6) is 0. The summed E-state index contributed by atoms with van der Waals surface area (Å²) < 4.78 is 6.29. The molecule has 2 heterocycles. The van der Waals surface area contributed by atoms with Crippen LogP contribution in [-0.4, -0.2) is 4.98 Å². The van der Waals surface area contributed by atoms with E-state index in [9.17, 15) is 0 Å². The highest BCUT2D eigenvalue weighted by atomic mass is 16.3. The Morgan fingerprint density at radius 3 is 1.89 bits per heavy atom. The van der Waals surface area contributed by atoms with Crippen LogP contribution in [0, 0.1) is 0 Å². The van der Waals surface area contributed by atoms with E-state index in [1.807, 2.05) is 12.1 Å². The van der Waals surface area contributed by atoms with Gasteiger partial charge in [0.1, 0.15) is 11.2 Å². The number of fused-ring (bicyclic) bond motifs is 6. The van der Waals surface area contributed by atoms with Crippen molar-refractivity contribution in [3.8, 4) is 22.3 Å². The maximum absolute atomic E-state index is 6.29. The number of H-pyrrole nitrogens is 1. The van der Waals surface area contributed by atoms with Gasteiger partial charge in [-0.05, 0) is 71.3 Å². The van der Waals surface area contributed by atoms with Gasteiger partial charge in [-0.2, -0.15) is 0 Å². The molecule has 2 aromatic heterocycles. The van der Waals surface area contributed by atoms with Gasteiger partial charge in [-0.25, -0.2) is 0 Å². The van der Waals surface area contributed by atoms with Crippen LogP contribution in [0.4, 0.5) is 17.1 Å². The molecule has 0 radical (unpaired) electrons. The van der Waals surface area contributed by atoms with Crippen LogP contribution in [0.3, 0.4) is 0 Å². The Morgan fingerprint density at radius 2 is 1.07 bits per heavy atom. The number of para-hydroxylation sites is 3.